The number of rotatable bonds is 3. The van der Waals surface area contributed by atoms with Crippen molar-refractivity contribution in [3.8, 4) is 5.75 Å². The second-order valence-electron chi connectivity index (χ2n) is 7.60. The Morgan fingerprint density at radius 1 is 1.19 bits per heavy atom. The lowest BCUT2D eigenvalue weighted by atomic mass is 9.73. The molecule has 0 unspecified atom stereocenters. The SMILES string of the molecule is C=C1C(=O)C[C@H]2c3c(C)c(OCc4c(F)cccc4F)cc(C)c3CC[C@@H]12. The fraction of sp³-hybridized carbons (Fsp3) is 0.348. The smallest absolute Gasteiger partial charge is 0.159 e. The van der Waals surface area contributed by atoms with Crippen molar-refractivity contribution in [2.45, 2.75) is 45.6 Å². The highest BCUT2D eigenvalue weighted by Crippen LogP contribution is 2.50. The number of halogens is 2. The molecule has 0 saturated heterocycles. The lowest BCUT2D eigenvalue weighted by Crippen LogP contribution is -2.19. The summed E-state index contributed by atoms with van der Waals surface area (Å²) >= 11 is 0. The van der Waals surface area contributed by atoms with Gasteiger partial charge in [-0.2, -0.15) is 0 Å². The van der Waals surface area contributed by atoms with Crippen LogP contribution in [0.15, 0.2) is 36.4 Å². The number of aryl methyl sites for hydroxylation is 1. The zero-order valence-corrected chi connectivity index (χ0v) is 15.6. The van der Waals surface area contributed by atoms with Gasteiger partial charge in [0.15, 0.2) is 5.78 Å². The van der Waals surface area contributed by atoms with Gasteiger partial charge in [-0.3, -0.25) is 4.79 Å². The predicted molar refractivity (Wildman–Crippen MR) is 99.9 cm³/mol. The Labute approximate surface area is 157 Å². The first kappa shape index (κ1) is 17.9. The van der Waals surface area contributed by atoms with Crippen molar-refractivity contribution in [2.24, 2.45) is 5.92 Å². The van der Waals surface area contributed by atoms with E-state index in [0.717, 1.165) is 29.5 Å². The minimum absolute atomic E-state index is 0.0745. The van der Waals surface area contributed by atoms with Gasteiger partial charge in [0.2, 0.25) is 0 Å². The van der Waals surface area contributed by atoms with E-state index in [9.17, 15) is 13.6 Å². The van der Waals surface area contributed by atoms with Crippen LogP contribution in [-0.2, 0) is 17.8 Å². The van der Waals surface area contributed by atoms with Gasteiger partial charge in [0.25, 0.3) is 0 Å². The number of Topliss-reactive ketones (excluding diaryl/α,β-unsaturated/α-hetero) is 1. The third-order valence-corrected chi connectivity index (χ3v) is 6.13. The van der Waals surface area contributed by atoms with Crippen LogP contribution in [0.2, 0.25) is 0 Å². The number of fused-ring (bicyclic) bond motifs is 3. The largest absolute Gasteiger partial charge is 0.488 e. The lowest BCUT2D eigenvalue weighted by Gasteiger charge is -2.32. The highest BCUT2D eigenvalue weighted by atomic mass is 19.1. The molecule has 4 heteroatoms. The van der Waals surface area contributed by atoms with Crippen LogP contribution in [0.5, 0.6) is 5.75 Å². The van der Waals surface area contributed by atoms with Gasteiger partial charge >= 0.3 is 0 Å². The molecule has 2 atom stereocenters. The summed E-state index contributed by atoms with van der Waals surface area (Å²) in [5.41, 5.74) is 5.17. The zero-order valence-electron chi connectivity index (χ0n) is 15.6. The normalized spacial score (nSPS) is 21.2. The van der Waals surface area contributed by atoms with Crippen molar-refractivity contribution in [1.29, 1.82) is 0 Å². The van der Waals surface area contributed by atoms with Crippen molar-refractivity contribution in [1.82, 2.24) is 0 Å². The first-order chi connectivity index (χ1) is 12.9. The predicted octanol–water partition coefficient (Wildman–Crippen LogP) is 5.34. The number of allylic oxidation sites excluding steroid dienone is 1. The molecule has 27 heavy (non-hydrogen) atoms. The minimum atomic E-state index is -0.611. The third kappa shape index (κ3) is 2.88. The molecule has 0 bridgehead atoms. The molecule has 0 heterocycles. The van der Waals surface area contributed by atoms with Crippen LogP contribution in [-0.4, -0.2) is 5.78 Å². The first-order valence-electron chi connectivity index (χ1n) is 9.29. The monoisotopic (exact) mass is 368 g/mol. The van der Waals surface area contributed by atoms with Crippen LogP contribution >= 0.6 is 0 Å². The standard InChI is InChI=1S/C23H22F2O2/c1-12-9-22(27-11-18-19(24)5-4-6-20(18)25)14(3)23-15(12)7-8-16-13(2)21(26)10-17(16)23/h4-6,9,16-17H,2,7-8,10-11H2,1,3H3/t16-,17+/m0/s1. The molecule has 140 valence electrons. The molecule has 1 fully saturated rings. The molecule has 0 radical (unpaired) electrons. The molecule has 4 rings (SSSR count). The van der Waals surface area contributed by atoms with E-state index in [4.69, 9.17) is 4.74 Å². The highest BCUT2D eigenvalue weighted by Gasteiger charge is 2.42. The van der Waals surface area contributed by atoms with Gasteiger partial charge < -0.3 is 4.74 Å². The maximum Gasteiger partial charge on any atom is 0.159 e. The summed E-state index contributed by atoms with van der Waals surface area (Å²) in [6.07, 6.45) is 2.35. The Bertz CT molecular complexity index is 941. The van der Waals surface area contributed by atoms with Crippen molar-refractivity contribution in [3.63, 3.8) is 0 Å². The molecule has 0 spiro atoms. The second kappa shape index (κ2) is 6.59. The Kier molecular flexibility index (Phi) is 4.37. The Morgan fingerprint density at radius 3 is 2.59 bits per heavy atom. The van der Waals surface area contributed by atoms with Crippen LogP contribution in [0, 0.1) is 31.4 Å². The zero-order chi connectivity index (χ0) is 19.3. The molecule has 2 nitrogen and oxygen atoms in total. The average Bonchev–Trinajstić information content (AvgIpc) is 2.92. The van der Waals surface area contributed by atoms with Crippen LogP contribution in [0.1, 0.15) is 46.6 Å². The number of benzene rings is 2. The topological polar surface area (TPSA) is 26.3 Å². The van der Waals surface area contributed by atoms with Crippen molar-refractivity contribution < 1.29 is 18.3 Å². The van der Waals surface area contributed by atoms with E-state index >= 15 is 0 Å². The van der Waals surface area contributed by atoms with Gasteiger partial charge in [0.05, 0.1) is 5.56 Å². The molecule has 0 aliphatic heterocycles. The number of carbonyl (C=O) groups is 1. The summed E-state index contributed by atoms with van der Waals surface area (Å²) in [7, 11) is 0. The average molecular weight is 368 g/mol. The maximum absolute atomic E-state index is 13.9. The number of ketones is 1. The van der Waals surface area contributed by atoms with Gasteiger partial charge in [-0.1, -0.05) is 12.6 Å². The number of hydrogen-bond acceptors (Lipinski definition) is 2. The summed E-state index contributed by atoms with van der Waals surface area (Å²) < 4.78 is 33.6. The summed E-state index contributed by atoms with van der Waals surface area (Å²) in [5.74, 6) is -0.113. The quantitative estimate of drug-likeness (QED) is 0.684. The van der Waals surface area contributed by atoms with Crippen LogP contribution < -0.4 is 4.74 Å². The van der Waals surface area contributed by atoms with E-state index < -0.39 is 11.6 Å². The van der Waals surface area contributed by atoms with Gasteiger partial charge in [-0.05, 0) is 84.6 Å². The van der Waals surface area contributed by atoms with Crippen LogP contribution in [0.4, 0.5) is 8.78 Å². The molecule has 2 aliphatic rings. The molecular formula is C23H22F2O2. The van der Waals surface area contributed by atoms with Crippen molar-refractivity contribution >= 4 is 5.78 Å². The summed E-state index contributed by atoms with van der Waals surface area (Å²) in [6.45, 7) is 7.83. The van der Waals surface area contributed by atoms with Crippen molar-refractivity contribution in [2.75, 3.05) is 0 Å². The maximum atomic E-state index is 13.9. The molecule has 2 aromatic rings. The molecule has 0 N–H and O–H groups in total. The van der Waals surface area contributed by atoms with Gasteiger partial charge in [0.1, 0.15) is 24.0 Å². The van der Waals surface area contributed by atoms with E-state index in [-0.39, 0.29) is 29.8 Å². The molecule has 0 aromatic heterocycles. The molecular weight excluding hydrogens is 346 g/mol. The van der Waals surface area contributed by atoms with Gasteiger partial charge in [-0.25, -0.2) is 8.78 Å². The fourth-order valence-corrected chi connectivity index (χ4v) is 4.67. The number of carbonyl (C=O) groups excluding carboxylic acids is 1. The Balaban J connectivity index is 1.70. The van der Waals surface area contributed by atoms with Gasteiger partial charge in [-0.15, -0.1) is 0 Å². The molecule has 2 aromatic carbocycles. The fourth-order valence-electron chi connectivity index (χ4n) is 4.67. The highest BCUT2D eigenvalue weighted by molar-refractivity contribution is 5.99. The van der Waals surface area contributed by atoms with E-state index in [0.29, 0.717) is 12.2 Å². The molecule has 0 amide bonds. The molecule has 2 aliphatic carbocycles. The van der Waals surface area contributed by atoms with E-state index in [1.807, 2.05) is 19.9 Å². The van der Waals surface area contributed by atoms with Crippen LogP contribution in [0.25, 0.3) is 0 Å². The summed E-state index contributed by atoms with van der Waals surface area (Å²) in [4.78, 5) is 12.2. The number of hydrogen-bond donors (Lipinski definition) is 0. The van der Waals surface area contributed by atoms with Gasteiger partial charge in [0, 0.05) is 6.42 Å². The Hall–Kier alpha value is -2.49. The third-order valence-electron chi connectivity index (χ3n) is 6.13. The molecule has 1 saturated carbocycles. The number of ether oxygens (including phenoxy) is 1. The first-order valence-corrected chi connectivity index (χ1v) is 9.29. The minimum Gasteiger partial charge on any atom is -0.488 e. The summed E-state index contributed by atoms with van der Waals surface area (Å²) in [6, 6.07) is 5.74. The second-order valence-corrected chi connectivity index (χ2v) is 7.60. The van der Waals surface area contributed by atoms with E-state index in [1.54, 1.807) is 0 Å². The van der Waals surface area contributed by atoms with E-state index in [1.165, 1.54) is 29.3 Å². The summed E-state index contributed by atoms with van der Waals surface area (Å²) in [5, 5.41) is 0. The van der Waals surface area contributed by atoms with Crippen LogP contribution in [0.3, 0.4) is 0 Å². The van der Waals surface area contributed by atoms with Crippen molar-refractivity contribution in [3.05, 3.63) is 75.9 Å². The Morgan fingerprint density at radius 2 is 1.89 bits per heavy atom. The van der Waals surface area contributed by atoms with E-state index in [2.05, 4.69) is 6.58 Å². The lowest BCUT2D eigenvalue weighted by molar-refractivity contribution is -0.114.